The molecule has 1 aliphatic rings. The number of fused-ring (bicyclic) bond motifs is 8. The van der Waals surface area contributed by atoms with Gasteiger partial charge < -0.3 is 18.9 Å². The molecule has 5 rings (SSSR count). The third kappa shape index (κ3) is 18.8. The maximum absolute atomic E-state index is 13.0. The largest absolute Gasteiger partial charge is 0.493 e. The zero-order valence-corrected chi connectivity index (χ0v) is 45.5. The van der Waals surface area contributed by atoms with Crippen LogP contribution in [0.25, 0.3) is 0 Å². The van der Waals surface area contributed by atoms with Crippen LogP contribution in [0.4, 0.5) is 0 Å². The minimum absolute atomic E-state index is 0.384. The van der Waals surface area contributed by atoms with E-state index < -0.39 is 224 Å². The summed E-state index contributed by atoms with van der Waals surface area (Å²) < 4.78 is 302. The summed E-state index contributed by atoms with van der Waals surface area (Å²) in [5, 5.41) is 0. The highest BCUT2D eigenvalue weighted by atomic mass is 32.2. The summed E-state index contributed by atoms with van der Waals surface area (Å²) in [4.78, 5) is -3.79. The highest BCUT2D eigenvalue weighted by Crippen LogP contribution is 2.42. The number of ether oxygens (including phenoxy) is 4. The van der Waals surface area contributed by atoms with Crippen LogP contribution in [-0.2, 0) is 107 Å². The first-order valence-electron chi connectivity index (χ1n) is 21.5. The van der Waals surface area contributed by atoms with Gasteiger partial charge in [-0.2, -0.15) is 67.3 Å². The fourth-order valence-electron chi connectivity index (χ4n) is 7.76. The van der Waals surface area contributed by atoms with E-state index in [0.29, 0.717) is 0 Å². The first kappa shape index (κ1) is 62.2. The lowest BCUT2D eigenvalue weighted by Crippen LogP contribution is -2.15. The van der Waals surface area contributed by atoms with Crippen LogP contribution in [0, 0.1) is 0 Å². The third-order valence-electron chi connectivity index (χ3n) is 10.8. The molecule has 0 saturated carbocycles. The van der Waals surface area contributed by atoms with E-state index in [0.717, 1.165) is 48.5 Å². The van der Waals surface area contributed by atoms with Crippen molar-refractivity contribution in [3.05, 3.63) is 93.0 Å². The van der Waals surface area contributed by atoms with Crippen LogP contribution in [0.5, 0.6) is 23.0 Å². The molecule has 8 bridgehead atoms. The Labute approximate surface area is 437 Å². The predicted octanol–water partition coefficient (Wildman–Crippen LogP) is 1.98. The summed E-state index contributed by atoms with van der Waals surface area (Å²) in [6.07, 6.45) is -5.30. The van der Waals surface area contributed by atoms with Crippen molar-refractivity contribution < 1.29 is 123 Å². The van der Waals surface area contributed by atoms with Crippen LogP contribution in [0.3, 0.4) is 0 Å². The molecule has 28 nitrogen and oxygen atoms in total. The Balaban J connectivity index is 2.03. The molecule has 0 aliphatic heterocycles. The number of benzene rings is 4. The average Bonchev–Trinajstić information content (AvgIpc) is 3.23. The van der Waals surface area contributed by atoms with Crippen molar-refractivity contribution in [2.75, 3.05) is 49.4 Å². The average molecular weight is 1230 g/mol. The molecule has 4 aromatic carbocycles. The Morgan fingerprint density at radius 3 is 0.539 bits per heavy atom. The van der Waals surface area contributed by atoms with E-state index in [1.807, 2.05) is 0 Å². The minimum Gasteiger partial charge on any atom is -0.493 e. The van der Waals surface area contributed by atoms with Crippen molar-refractivity contribution in [3.8, 4) is 23.0 Å². The fraction of sp³-hybridized carbons (Fsp3) is 0.400. The van der Waals surface area contributed by atoms with Crippen molar-refractivity contribution in [3.63, 3.8) is 0 Å². The Morgan fingerprint density at radius 1 is 0.276 bits per heavy atom. The maximum atomic E-state index is 13.0. The zero-order chi connectivity index (χ0) is 57.0. The van der Waals surface area contributed by atoms with E-state index in [9.17, 15) is 104 Å². The van der Waals surface area contributed by atoms with Gasteiger partial charge in [0.2, 0.25) is 0 Å². The Hall–Kier alpha value is -4.64. The SMILES string of the molecule is O=S(=O)(O)CCCOc1c2cc(S(=O)(=O)O)cc1Cc1cc(S(=O)(=O)O)cc(c1OCCCS(=O)(=O)O)Cc1cc(S(=O)(=O)O)cc(c1OCCCS(=O)(=O)O)Cc1cc(S(=O)(=O)O)cc(c1OCCCS(=O)(=O)O)C2. The zero-order valence-electron chi connectivity index (χ0n) is 38.9. The molecule has 0 saturated heterocycles. The quantitative estimate of drug-likeness (QED) is 0.0323. The summed E-state index contributed by atoms with van der Waals surface area (Å²) in [6.45, 7) is -2.58. The van der Waals surface area contributed by atoms with Gasteiger partial charge in [-0.3, -0.25) is 36.4 Å². The molecule has 1 aliphatic carbocycles. The van der Waals surface area contributed by atoms with Gasteiger partial charge >= 0.3 is 0 Å². The van der Waals surface area contributed by atoms with E-state index in [1.165, 1.54) is 0 Å². The summed E-state index contributed by atoms with van der Waals surface area (Å²) in [5.41, 5.74) is -3.07. The standard InChI is InChI=1S/C40H48O28S8/c41-69(42,43)9-1-5-65-37-25-13-27-19-34(74(56,57)58)21-29(38(27)66-6-2-10-70(44,45)46)15-31-23-36(76(62,63)64)24-32(40(31)68-8-4-12-72(50,51)52)16-30-22-35(75(59,60)61)20-28(39(30)67-7-3-11-71(47,48)49)14-26(37)18-33(17-25)73(53,54)55/h17-24H,1-16H2,(H,41,42,43)(H,44,45,46)(H,47,48,49)(H,50,51,52)(H,53,54,55)(H,56,57,58)(H,59,60,61)(H,62,63,64). The molecule has 0 heterocycles. The third-order valence-corrected chi connectivity index (χ3v) is 17.3. The molecular weight excluding hydrogens is 1180 g/mol. The van der Waals surface area contributed by atoms with Gasteiger partial charge in [0.1, 0.15) is 23.0 Å². The van der Waals surface area contributed by atoms with Crippen molar-refractivity contribution in [1.82, 2.24) is 0 Å². The summed E-state index contributed by atoms with van der Waals surface area (Å²) in [5.74, 6) is -5.44. The Bertz CT molecular complexity index is 3220. The van der Waals surface area contributed by atoms with E-state index >= 15 is 0 Å². The van der Waals surface area contributed by atoms with Crippen LogP contribution in [0.2, 0.25) is 0 Å². The van der Waals surface area contributed by atoms with Gasteiger partial charge in [-0.15, -0.1) is 0 Å². The molecule has 0 amide bonds. The molecule has 0 aromatic heterocycles. The molecule has 0 atom stereocenters. The van der Waals surface area contributed by atoms with Gasteiger partial charge in [-0.1, -0.05) is 0 Å². The lowest BCUT2D eigenvalue weighted by Gasteiger charge is -2.24. The Morgan fingerprint density at radius 2 is 0.421 bits per heavy atom. The van der Waals surface area contributed by atoms with Crippen LogP contribution in [-0.4, -0.2) is 153 Å². The molecule has 36 heteroatoms. The molecule has 0 fully saturated rings. The molecule has 0 radical (unpaired) electrons. The summed E-state index contributed by atoms with van der Waals surface area (Å²) in [6, 6.07) is 6.18. The van der Waals surface area contributed by atoms with Crippen molar-refractivity contribution in [2.45, 2.75) is 70.9 Å². The first-order valence-corrected chi connectivity index (χ1v) is 33.7. The van der Waals surface area contributed by atoms with E-state index in [4.69, 9.17) is 18.9 Å². The van der Waals surface area contributed by atoms with Gasteiger partial charge in [0.15, 0.2) is 0 Å². The molecule has 8 N–H and O–H groups in total. The number of rotatable bonds is 24. The lowest BCUT2D eigenvalue weighted by molar-refractivity contribution is 0.303. The van der Waals surface area contributed by atoms with Gasteiger partial charge in [0, 0.05) is 70.2 Å². The Kier molecular flexibility index (Phi) is 19.4. The van der Waals surface area contributed by atoms with Gasteiger partial charge in [-0.05, 0) is 74.2 Å². The topological polar surface area (TPSA) is 472 Å². The summed E-state index contributed by atoms with van der Waals surface area (Å²) >= 11 is 0. The lowest BCUT2D eigenvalue weighted by atomic mass is 9.91. The minimum atomic E-state index is -5.33. The van der Waals surface area contributed by atoms with Crippen LogP contribution < -0.4 is 18.9 Å². The monoisotopic (exact) mass is 1230 g/mol. The van der Waals surface area contributed by atoms with Gasteiger partial charge in [0.05, 0.1) is 69.0 Å². The second kappa shape index (κ2) is 23.8. The van der Waals surface area contributed by atoms with E-state index in [2.05, 4.69) is 0 Å². The van der Waals surface area contributed by atoms with E-state index in [-0.39, 0.29) is 44.5 Å². The van der Waals surface area contributed by atoms with E-state index in [1.54, 1.807) is 0 Å². The van der Waals surface area contributed by atoms with Gasteiger partial charge in [0.25, 0.3) is 80.9 Å². The predicted molar refractivity (Wildman–Crippen MR) is 262 cm³/mol. The number of hydrogen-bond acceptors (Lipinski definition) is 20. The first-order chi connectivity index (χ1) is 34.7. The second-order valence-electron chi connectivity index (χ2n) is 16.8. The van der Waals surface area contributed by atoms with Crippen molar-refractivity contribution >= 4 is 80.9 Å². The van der Waals surface area contributed by atoms with Crippen LogP contribution in [0.1, 0.15) is 70.2 Å². The fourth-order valence-corrected chi connectivity index (χ4v) is 12.0. The molecule has 0 unspecified atom stereocenters. The molecule has 76 heavy (non-hydrogen) atoms. The molecule has 4 aromatic rings. The highest BCUT2D eigenvalue weighted by molar-refractivity contribution is 7.87. The van der Waals surface area contributed by atoms with Crippen LogP contribution in [0.15, 0.2) is 68.1 Å². The smallest absolute Gasteiger partial charge is 0.294 e. The molecule has 0 spiro atoms. The second-order valence-corrected chi connectivity index (χ2v) is 28.8. The number of hydrogen-bond donors (Lipinski definition) is 8. The normalized spacial score (nSPS) is 14.0. The molecule has 424 valence electrons. The van der Waals surface area contributed by atoms with Gasteiger partial charge in [-0.25, -0.2) is 0 Å². The maximum Gasteiger partial charge on any atom is 0.294 e. The highest BCUT2D eigenvalue weighted by Gasteiger charge is 2.30. The molecular formula is C40H48O28S8. The van der Waals surface area contributed by atoms with Crippen molar-refractivity contribution in [1.29, 1.82) is 0 Å². The van der Waals surface area contributed by atoms with Crippen molar-refractivity contribution in [2.24, 2.45) is 0 Å². The van der Waals surface area contributed by atoms with Crippen LogP contribution >= 0.6 is 0 Å². The summed E-state index contributed by atoms with van der Waals surface area (Å²) in [7, 11) is -39.9.